The van der Waals surface area contributed by atoms with Gasteiger partial charge in [-0.15, -0.1) is 11.8 Å². The number of benzene rings is 3. The van der Waals surface area contributed by atoms with Crippen LogP contribution in [0.15, 0.2) is 70.7 Å². The van der Waals surface area contributed by atoms with Crippen LogP contribution in [0.3, 0.4) is 0 Å². The maximum Gasteiger partial charge on any atom is 0.416 e. The molecule has 11 heteroatoms. The van der Waals surface area contributed by atoms with Crippen molar-refractivity contribution in [1.29, 1.82) is 0 Å². The second kappa shape index (κ2) is 10.9. The number of oxime groups is 1. The molecule has 0 unspecified atom stereocenters. The first kappa shape index (κ1) is 24.9. The van der Waals surface area contributed by atoms with Crippen molar-refractivity contribution in [3.05, 3.63) is 103 Å². The van der Waals surface area contributed by atoms with Crippen LogP contribution in [-0.2, 0) is 23.4 Å². The number of hydrogen-bond acceptors (Lipinski definition) is 5. The predicted molar refractivity (Wildman–Crippen MR) is 123 cm³/mol. The zero-order valence-electron chi connectivity index (χ0n) is 16.7. The van der Waals surface area contributed by atoms with Gasteiger partial charge in [0, 0.05) is 33.0 Å². The number of nitro benzene ring substituents is 1. The number of hydrogen-bond donors (Lipinski definition) is 0. The summed E-state index contributed by atoms with van der Waals surface area (Å²) < 4.78 is 38.6. The van der Waals surface area contributed by atoms with E-state index < -0.39 is 16.7 Å². The van der Waals surface area contributed by atoms with Crippen LogP contribution >= 0.6 is 35.0 Å². The van der Waals surface area contributed by atoms with E-state index in [4.69, 9.17) is 28.0 Å². The van der Waals surface area contributed by atoms with Crippen LogP contribution in [0.1, 0.15) is 22.3 Å². The Hall–Kier alpha value is -2.75. The number of nitrogens with zero attached hydrogens (tertiary/aromatic N) is 2. The van der Waals surface area contributed by atoms with Gasteiger partial charge in [0.15, 0.2) is 0 Å². The molecule has 0 aliphatic rings. The van der Waals surface area contributed by atoms with Crippen molar-refractivity contribution >= 4 is 46.9 Å². The van der Waals surface area contributed by atoms with Crippen LogP contribution < -0.4 is 0 Å². The van der Waals surface area contributed by atoms with Crippen molar-refractivity contribution in [3.63, 3.8) is 0 Å². The maximum atomic E-state index is 12.9. The zero-order chi connectivity index (χ0) is 24.0. The lowest BCUT2D eigenvalue weighted by Gasteiger charge is -2.09. The van der Waals surface area contributed by atoms with E-state index in [0.29, 0.717) is 31.6 Å². The van der Waals surface area contributed by atoms with E-state index in [-0.39, 0.29) is 18.0 Å². The van der Waals surface area contributed by atoms with Gasteiger partial charge in [-0.2, -0.15) is 13.2 Å². The molecule has 33 heavy (non-hydrogen) atoms. The molecule has 0 atom stereocenters. The molecule has 5 nitrogen and oxygen atoms in total. The quantitative estimate of drug-likeness (QED) is 0.133. The summed E-state index contributed by atoms with van der Waals surface area (Å²) in [6.07, 6.45) is -3.15. The molecule has 0 aliphatic heterocycles. The molecule has 172 valence electrons. The monoisotopic (exact) mass is 514 g/mol. The fraction of sp³-hybridized carbons (Fsp3) is 0.136. The highest BCUT2D eigenvalue weighted by Crippen LogP contribution is 2.34. The minimum atomic E-state index is -4.45. The van der Waals surface area contributed by atoms with Crippen LogP contribution in [0.4, 0.5) is 18.9 Å². The molecular formula is C22H15Cl2F3N2O3S. The van der Waals surface area contributed by atoms with Crippen LogP contribution in [-0.4, -0.2) is 11.1 Å². The molecule has 0 bridgehead atoms. The van der Waals surface area contributed by atoms with E-state index in [1.54, 1.807) is 24.3 Å². The van der Waals surface area contributed by atoms with E-state index >= 15 is 0 Å². The van der Waals surface area contributed by atoms with Gasteiger partial charge in [0.1, 0.15) is 6.61 Å². The Labute approximate surface area is 201 Å². The molecule has 0 aromatic heterocycles. The Kier molecular flexibility index (Phi) is 8.23. The fourth-order valence-electron chi connectivity index (χ4n) is 2.75. The third-order valence-electron chi connectivity index (χ3n) is 4.38. The molecule has 3 aromatic carbocycles. The van der Waals surface area contributed by atoms with Gasteiger partial charge >= 0.3 is 6.18 Å². The summed E-state index contributed by atoms with van der Waals surface area (Å²) in [6, 6.07) is 14.3. The standard InChI is InChI=1S/C22H15Cl2F3N2O3S/c23-18-5-2-6-19(24)17(18)12-32-28-11-14-7-8-21(20(10-14)29(30)31)33-13-15-3-1-4-16(9-15)22(25,26)27/h1-11H,12-13H2. The molecule has 0 saturated heterocycles. The molecule has 3 rings (SSSR count). The van der Waals surface area contributed by atoms with E-state index in [0.717, 1.165) is 23.9 Å². The molecule has 0 spiro atoms. The minimum absolute atomic E-state index is 0.0159. The summed E-state index contributed by atoms with van der Waals surface area (Å²) in [5.74, 6) is 0.139. The average molecular weight is 515 g/mol. The summed E-state index contributed by atoms with van der Waals surface area (Å²) in [4.78, 5) is 16.5. The molecule has 0 aliphatic carbocycles. The lowest BCUT2D eigenvalue weighted by Crippen LogP contribution is -2.04. The molecule has 0 saturated carbocycles. The van der Waals surface area contributed by atoms with Crippen molar-refractivity contribution in [1.82, 2.24) is 0 Å². The smallest absolute Gasteiger partial charge is 0.391 e. The van der Waals surface area contributed by atoms with Gasteiger partial charge < -0.3 is 4.84 Å². The maximum absolute atomic E-state index is 12.9. The van der Waals surface area contributed by atoms with Gasteiger partial charge in [0.25, 0.3) is 5.69 Å². The fourth-order valence-corrected chi connectivity index (χ4v) is 4.20. The largest absolute Gasteiger partial charge is 0.416 e. The van der Waals surface area contributed by atoms with E-state index in [1.807, 2.05) is 0 Å². The Morgan fingerprint density at radius 3 is 2.42 bits per heavy atom. The van der Waals surface area contributed by atoms with Gasteiger partial charge in [0.2, 0.25) is 0 Å². The first-order chi connectivity index (χ1) is 15.6. The minimum Gasteiger partial charge on any atom is -0.391 e. The Morgan fingerprint density at radius 2 is 1.76 bits per heavy atom. The van der Waals surface area contributed by atoms with Crippen LogP contribution in [0.5, 0.6) is 0 Å². The molecule has 0 N–H and O–H groups in total. The number of thioether (sulfide) groups is 1. The summed E-state index contributed by atoms with van der Waals surface area (Å²) in [5, 5.41) is 16.1. The lowest BCUT2D eigenvalue weighted by atomic mass is 10.1. The number of halogens is 5. The van der Waals surface area contributed by atoms with Gasteiger partial charge in [-0.25, -0.2) is 0 Å². The first-order valence-electron chi connectivity index (χ1n) is 9.31. The highest BCUT2D eigenvalue weighted by Gasteiger charge is 2.30. The number of alkyl halides is 3. The topological polar surface area (TPSA) is 64.7 Å². The number of nitro groups is 1. The second-order valence-electron chi connectivity index (χ2n) is 6.68. The number of rotatable bonds is 8. The third-order valence-corrected chi connectivity index (χ3v) is 6.22. The summed E-state index contributed by atoms with van der Waals surface area (Å²) in [7, 11) is 0. The highest BCUT2D eigenvalue weighted by molar-refractivity contribution is 7.98. The predicted octanol–water partition coefficient (Wildman–Crippen LogP) is 7.76. The van der Waals surface area contributed by atoms with Crippen molar-refractivity contribution < 1.29 is 22.9 Å². The van der Waals surface area contributed by atoms with Gasteiger partial charge in [-0.05, 0) is 29.8 Å². The first-order valence-corrected chi connectivity index (χ1v) is 11.0. The molecule has 0 radical (unpaired) electrons. The molecule has 0 amide bonds. The second-order valence-corrected chi connectivity index (χ2v) is 8.51. The summed E-state index contributed by atoms with van der Waals surface area (Å²) in [5.41, 5.74) is 0.423. The van der Waals surface area contributed by atoms with Gasteiger partial charge in [-0.3, -0.25) is 10.1 Å². The van der Waals surface area contributed by atoms with Crippen molar-refractivity contribution in [2.24, 2.45) is 5.16 Å². The van der Waals surface area contributed by atoms with Crippen molar-refractivity contribution in [3.8, 4) is 0 Å². The van der Waals surface area contributed by atoms with Crippen LogP contribution in [0, 0.1) is 10.1 Å². The SMILES string of the molecule is O=[N+]([O-])c1cc(C=NOCc2c(Cl)cccc2Cl)ccc1SCc1cccc(C(F)(F)F)c1. The molecule has 0 fully saturated rings. The molecule has 0 heterocycles. The zero-order valence-corrected chi connectivity index (χ0v) is 19.0. The highest BCUT2D eigenvalue weighted by atomic mass is 35.5. The average Bonchev–Trinajstić information content (AvgIpc) is 2.76. The van der Waals surface area contributed by atoms with E-state index in [2.05, 4.69) is 5.16 Å². The summed E-state index contributed by atoms with van der Waals surface area (Å²) >= 11 is 13.2. The molecule has 3 aromatic rings. The Balaban J connectivity index is 1.68. The normalized spacial score (nSPS) is 11.7. The van der Waals surface area contributed by atoms with Crippen molar-refractivity contribution in [2.45, 2.75) is 23.4 Å². The van der Waals surface area contributed by atoms with E-state index in [1.165, 1.54) is 30.5 Å². The molecular weight excluding hydrogens is 500 g/mol. The van der Waals surface area contributed by atoms with Gasteiger partial charge in [0.05, 0.1) is 21.6 Å². The van der Waals surface area contributed by atoms with E-state index in [9.17, 15) is 23.3 Å². The lowest BCUT2D eigenvalue weighted by molar-refractivity contribution is -0.387. The summed E-state index contributed by atoms with van der Waals surface area (Å²) in [6.45, 7) is 0.0159. The Morgan fingerprint density at radius 1 is 1.06 bits per heavy atom. The van der Waals surface area contributed by atoms with Crippen LogP contribution in [0.25, 0.3) is 0 Å². The third kappa shape index (κ3) is 6.86. The Bertz CT molecular complexity index is 1170. The van der Waals surface area contributed by atoms with Gasteiger partial charge in [-0.1, -0.05) is 58.7 Å². The van der Waals surface area contributed by atoms with Crippen molar-refractivity contribution in [2.75, 3.05) is 0 Å². The van der Waals surface area contributed by atoms with Crippen LogP contribution in [0.2, 0.25) is 10.0 Å².